The van der Waals surface area contributed by atoms with Crippen LogP contribution in [0.1, 0.15) is 31.2 Å². The van der Waals surface area contributed by atoms with E-state index < -0.39 is 17.6 Å². The number of rotatable bonds is 4. The van der Waals surface area contributed by atoms with Crippen LogP contribution in [0.25, 0.3) is 0 Å². The molecule has 1 saturated carbocycles. The number of carbonyl (C=O) groups is 2. The number of amides is 1. The summed E-state index contributed by atoms with van der Waals surface area (Å²) in [6, 6.07) is 9.33. The Bertz CT molecular complexity index is 480. The molecular weight excluding hydrogens is 258 g/mol. The summed E-state index contributed by atoms with van der Waals surface area (Å²) in [5, 5.41) is 9.42. The van der Waals surface area contributed by atoms with Gasteiger partial charge in [0.05, 0.1) is 0 Å². The smallest absolute Gasteiger partial charge is 0.410 e. The monoisotopic (exact) mass is 277 g/mol. The summed E-state index contributed by atoms with van der Waals surface area (Å²) in [5.74, 6) is -0.950. The molecule has 1 amide bonds. The van der Waals surface area contributed by atoms with Crippen LogP contribution < -0.4 is 0 Å². The summed E-state index contributed by atoms with van der Waals surface area (Å²) in [6.07, 6.45) is 2.03. The molecule has 108 valence electrons. The minimum Gasteiger partial charge on any atom is -0.479 e. The molecule has 0 aromatic heterocycles. The number of carboxylic acids is 1. The van der Waals surface area contributed by atoms with Crippen LogP contribution in [0, 0.1) is 0 Å². The maximum Gasteiger partial charge on any atom is 0.410 e. The van der Waals surface area contributed by atoms with E-state index in [0.29, 0.717) is 12.8 Å². The van der Waals surface area contributed by atoms with Gasteiger partial charge in [0, 0.05) is 7.05 Å². The molecule has 1 aliphatic rings. The maximum atomic E-state index is 12.1. The highest BCUT2D eigenvalue weighted by atomic mass is 16.6. The van der Waals surface area contributed by atoms with Gasteiger partial charge < -0.3 is 9.84 Å². The van der Waals surface area contributed by atoms with Crippen molar-refractivity contribution in [3.8, 4) is 0 Å². The van der Waals surface area contributed by atoms with Gasteiger partial charge in [-0.15, -0.1) is 0 Å². The Kier molecular flexibility index (Phi) is 4.27. The van der Waals surface area contributed by atoms with E-state index in [2.05, 4.69) is 0 Å². The summed E-state index contributed by atoms with van der Waals surface area (Å²) < 4.78 is 5.20. The van der Waals surface area contributed by atoms with Gasteiger partial charge in [0.2, 0.25) is 0 Å². The van der Waals surface area contributed by atoms with Gasteiger partial charge in [0.25, 0.3) is 0 Å². The molecule has 0 aliphatic heterocycles. The molecule has 0 atom stereocenters. The average Bonchev–Trinajstić information content (AvgIpc) is 2.96. The van der Waals surface area contributed by atoms with Crippen molar-refractivity contribution in [2.75, 3.05) is 7.05 Å². The molecule has 1 aromatic rings. The average molecular weight is 277 g/mol. The van der Waals surface area contributed by atoms with Crippen molar-refractivity contribution in [3.63, 3.8) is 0 Å². The molecule has 1 N–H and O–H groups in total. The third-order valence-corrected chi connectivity index (χ3v) is 3.95. The third-order valence-electron chi connectivity index (χ3n) is 3.95. The van der Waals surface area contributed by atoms with E-state index >= 15 is 0 Å². The second kappa shape index (κ2) is 5.94. The minimum absolute atomic E-state index is 0.152. The lowest BCUT2D eigenvalue weighted by Gasteiger charge is -2.33. The highest BCUT2D eigenvalue weighted by molar-refractivity contribution is 5.84. The number of hydrogen-bond acceptors (Lipinski definition) is 3. The SMILES string of the molecule is CN(C(=O)OCc1ccccc1)C1(C(=O)O)CCCC1. The van der Waals surface area contributed by atoms with Gasteiger partial charge in [-0.25, -0.2) is 9.59 Å². The molecule has 0 radical (unpaired) electrons. The van der Waals surface area contributed by atoms with Gasteiger partial charge in [-0.2, -0.15) is 0 Å². The number of aliphatic carboxylic acids is 1. The second-order valence-corrected chi connectivity index (χ2v) is 5.14. The summed E-state index contributed by atoms with van der Waals surface area (Å²) in [7, 11) is 1.51. The van der Waals surface area contributed by atoms with Crippen molar-refractivity contribution in [1.82, 2.24) is 4.90 Å². The van der Waals surface area contributed by atoms with E-state index in [4.69, 9.17) is 4.74 Å². The number of carbonyl (C=O) groups excluding carboxylic acids is 1. The molecule has 5 heteroatoms. The number of carboxylic acid groups (broad SMARTS) is 1. The maximum absolute atomic E-state index is 12.1. The number of nitrogens with zero attached hydrogens (tertiary/aromatic N) is 1. The number of benzene rings is 1. The lowest BCUT2D eigenvalue weighted by molar-refractivity contribution is -0.149. The molecule has 20 heavy (non-hydrogen) atoms. The summed E-state index contributed by atoms with van der Waals surface area (Å²) >= 11 is 0. The van der Waals surface area contributed by atoms with E-state index in [-0.39, 0.29) is 6.61 Å². The van der Waals surface area contributed by atoms with Gasteiger partial charge in [-0.3, -0.25) is 4.90 Å². The lowest BCUT2D eigenvalue weighted by atomic mass is 9.96. The molecule has 1 aliphatic carbocycles. The molecule has 0 unspecified atom stereocenters. The zero-order valence-electron chi connectivity index (χ0n) is 11.5. The first-order valence-corrected chi connectivity index (χ1v) is 6.74. The van der Waals surface area contributed by atoms with Crippen molar-refractivity contribution in [3.05, 3.63) is 35.9 Å². The Morgan fingerprint density at radius 3 is 2.40 bits per heavy atom. The van der Waals surface area contributed by atoms with Gasteiger partial charge in [0.15, 0.2) is 0 Å². The molecule has 0 bridgehead atoms. The van der Waals surface area contributed by atoms with E-state index in [0.717, 1.165) is 18.4 Å². The highest BCUT2D eigenvalue weighted by Gasteiger charge is 2.47. The predicted octanol–water partition coefficient (Wildman–Crippen LogP) is 2.65. The van der Waals surface area contributed by atoms with Crippen LogP contribution >= 0.6 is 0 Å². The fourth-order valence-corrected chi connectivity index (χ4v) is 2.64. The van der Waals surface area contributed by atoms with E-state index in [1.54, 1.807) is 0 Å². The number of likely N-dealkylation sites (N-methyl/N-ethyl adjacent to an activating group) is 1. The van der Waals surface area contributed by atoms with Crippen molar-refractivity contribution in [2.45, 2.75) is 37.8 Å². The van der Waals surface area contributed by atoms with E-state index in [9.17, 15) is 14.7 Å². The molecule has 2 rings (SSSR count). The van der Waals surface area contributed by atoms with E-state index in [1.165, 1.54) is 11.9 Å². The van der Waals surface area contributed by atoms with Crippen LogP contribution in [0.15, 0.2) is 30.3 Å². The summed E-state index contributed by atoms with van der Waals surface area (Å²) in [6.45, 7) is 0.152. The summed E-state index contributed by atoms with van der Waals surface area (Å²) in [4.78, 5) is 24.8. The predicted molar refractivity (Wildman–Crippen MR) is 73.2 cm³/mol. The van der Waals surface area contributed by atoms with Crippen molar-refractivity contribution in [2.24, 2.45) is 0 Å². The lowest BCUT2D eigenvalue weighted by Crippen LogP contribution is -2.53. The van der Waals surface area contributed by atoms with Crippen LogP contribution in [0.2, 0.25) is 0 Å². The Balaban J connectivity index is 1.99. The van der Waals surface area contributed by atoms with Gasteiger partial charge in [-0.1, -0.05) is 43.2 Å². The van der Waals surface area contributed by atoms with Gasteiger partial charge in [-0.05, 0) is 18.4 Å². The second-order valence-electron chi connectivity index (χ2n) is 5.14. The standard InChI is InChI=1S/C15H19NO4/c1-16(15(13(17)18)9-5-6-10-15)14(19)20-11-12-7-3-2-4-8-12/h2-4,7-8H,5-6,9-11H2,1H3,(H,17,18). The van der Waals surface area contributed by atoms with Crippen molar-refractivity contribution >= 4 is 12.1 Å². The Morgan fingerprint density at radius 2 is 1.85 bits per heavy atom. The van der Waals surface area contributed by atoms with Crippen molar-refractivity contribution in [1.29, 1.82) is 0 Å². The first-order valence-electron chi connectivity index (χ1n) is 6.74. The minimum atomic E-state index is -1.10. The third kappa shape index (κ3) is 2.76. The zero-order chi connectivity index (χ0) is 14.6. The molecular formula is C15H19NO4. The van der Waals surface area contributed by atoms with Gasteiger partial charge in [0.1, 0.15) is 12.1 Å². The van der Waals surface area contributed by atoms with Crippen LogP contribution in [-0.4, -0.2) is 34.7 Å². The number of hydrogen-bond donors (Lipinski definition) is 1. The highest BCUT2D eigenvalue weighted by Crippen LogP contribution is 2.35. The van der Waals surface area contributed by atoms with Gasteiger partial charge >= 0.3 is 12.1 Å². The molecule has 0 spiro atoms. The fourth-order valence-electron chi connectivity index (χ4n) is 2.64. The van der Waals surface area contributed by atoms with Crippen LogP contribution in [0.5, 0.6) is 0 Å². The quantitative estimate of drug-likeness (QED) is 0.918. The Morgan fingerprint density at radius 1 is 1.25 bits per heavy atom. The topological polar surface area (TPSA) is 66.8 Å². The van der Waals surface area contributed by atoms with Crippen LogP contribution in [0.3, 0.4) is 0 Å². The number of ether oxygens (including phenoxy) is 1. The summed E-state index contributed by atoms with van der Waals surface area (Å²) in [5.41, 5.74) is -0.224. The van der Waals surface area contributed by atoms with Crippen LogP contribution in [0.4, 0.5) is 4.79 Å². The van der Waals surface area contributed by atoms with Crippen molar-refractivity contribution < 1.29 is 19.4 Å². The van der Waals surface area contributed by atoms with Crippen LogP contribution in [-0.2, 0) is 16.1 Å². The first kappa shape index (κ1) is 14.4. The molecule has 5 nitrogen and oxygen atoms in total. The fraction of sp³-hybridized carbons (Fsp3) is 0.467. The normalized spacial score (nSPS) is 16.6. The molecule has 1 aromatic carbocycles. The molecule has 0 saturated heterocycles. The molecule has 0 heterocycles. The largest absolute Gasteiger partial charge is 0.479 e. The van der Waals surface area contributed by atoms with E-state index in [1.807, 2.05) is 30.3 Å². The Labute approximate surface area is 118 Å². The first-order chi connectivity index (χ1) is 9.56. The molecule has 1 fully saturated rings. The Hall–Kier alpha value is -2.04. The zero-order valence-corrected chi connectivity index (χ0v) is 11.5.